The van der Waals surface area contributed by atoms with Crippen LogP contribution in [0.25, 0.3) is 0 Å². The second-order valence-corrected chi connectivity index (χ2v) is 5.64. The summed E-state index contributed by atoms with van der Waals surface area (Å²) in [6.07, 6.45) is 0. The molecule has 0 saturated heterocycles. The van der Waals surface area contributed by atoms with Crippen molar-refractivity contribution < 1.29 is 9.59 Å². The molecule has 1 unspecified atom stereocenters. The number of carbonyl (C=O) groups is 2. The molecule has 5 heteroatoms. The lowest BCUT2D eigenvalue weighted by Gasteiger charge is -2.26. The monoisotopic (exact) mass is 325 g/mol. The summed E-state index contributed by atoms with van der Waals surface area (Å²) >= 11 is 0. The minimum absolute atomic E-state index is 0.0292. The number of carbonyl (C=O) groups excluding carboxylic acids is 2. The van der Waals surface area contributed by atoms with Gasteiger partial charge >= 0.3 is 0 Å². The van der Waals surface area contributed by atoms with Crippen molar-refractivity contribution in [3.63, 3.8) is 0 Å². The Morgan fingerprint density at radius 3 is 1.88 bits per heavy atom. The molecule has 0 aliphatic heterocycles. The van der Waals surface area contributed by atoms with Crippen LogP contribution in [-0.4, -0.2) is 30.9 Å². The smallest absolute Gasteiger partial charge is 0.239 e. The van der Waals surface area contributed by atoms with Crippen LogP contribution in [0.2, 0.25) is 0 Å². The molecule has 0 radical (unpaired) electrons. The lowest BCUT2D eigenvalue weighted by molar-refractivity contribution is -0.125. The highest BCUT2D eigenvalue weighted by molar-refractivity contribution is 5.85. The molecule has 0 heterocycles. The van der Waals surface area contributed by atoms with Gasteiger partial charge in [-0.25, -0.2) is 0 Å². The quantitative estimate of drug-likeness (QED) is 0.719. The zero-order valence-electron chi connectivity index (χ0n) is 13.7. The van der Waals surface area contributed by atoms with Gasteiger partial charge in [0.1, 0.15) is 0 Å². The Hall–Kier alpha value is -2.66. The molecule has 24 heavy (non-hydrogen) atoms. The molecule has 0 aromatic heterocycles. The van der Waals surface area contributed by atoms with Crippen molar-refractivity contribution in [2.45, 2.75) is 18.9 Å². The first-order valence-electron chi connectivity index (χ1n) is 7.98. The first-order chi connectivity index (χ1) is 11.6. The van der Waals surface area contributed by atoms with Gasteiger partial charge in [-0.1, -0.05) is 60.7 Å². The van der Waals surface area contributed by atoms with Crippen LogP contribution in [0.4, 0.5) is 0 Å². The summed E-state index contributed by atoms with van der Waals surface area (Å²) in [6.45, 7) is 1.77. The average molecular weight is 325 g/mol. The van der Waals surface area contributed by atoms with Crippen molar-refractivity contribution in [1.82, 2.24) is 10.6 Å². The van der Waals surface area contributed by atoms with Crippen LogP contribution in [0.15, 0.2) is 60.7 Å². The molecule has 0 saturated carbocycles. The Morgan fingerprint density at radius 1 is 0.917 bits per heavy atom. The van der Waals surface area contributed by atoms with Gasteiger partial charge in [0.25, 0.3) is 0 Å². The number of hydrogen-bond acceptors (Lipinski definition) is 3. The van der Waals surface area contributed by atoms with E-state index in [1.165, 1.54) is 0 Å². The fourth-order valence-electron chi connectivity index (χ4n) is 2.73. The van der Waals surface area contributed by atoms with E-state index in [2.05, 4.69) is 34.9 Å². The molecule has 0 aliphatic carbocycles. The Bertz CT molecular complexity index is 619. The normalized spacial score (nSPS) is 11.8. The number of benzene rings is 2. The lowest BCUT2D eigenvalue weighted by Crippen LogP contribution is -2.44. The van der Waals surface area contributed by atoms with Gasteiger partial charge in [-0.3, -0.25) is 9.59 Å². The van der Waals surface area contributed by atoms with Crippen molar-refractivity contribution in [3.8, 4) is 0 Å². The standard InChI is InChI=1S/C19H23N3O2/c1-14(22-18(24)13-21-17(23)12-20)19(15-8-4-2-5-9-15)16-10-6-3-7-11-16/h2-11,14,19H,12-13,20H2,1H3,(H,21,23)(H,22,24). The molecule has 2 amide bonds. The predicted octanol–water partition coefficient (Wildman–Crippen LogP) is 1.40. The van der Waals surface area contributed by atoms with E-state index in [0.29, 0.717) is 0 Å². The highest BCUT2D eigenvalue weighted by Gasteiger charge is 2.22. The van der Waals surface area contributed by atoms with Crippen molar-refractivity contribution in [2.24, 2.45) is 5.73 Å². The third-order valence-electron chi connectivity index (χ3n) is 3.84. The van der Waals surface area contributed by atoms with Gasteiger partial charge in [-0.05, 0) is 18.1 Å². The van der Waals surface area contributed by atoms with E-state index in [0.717, 1.165) is 11.1 Å². The second kappa shape index (κ2) is 8.84. The summed E-state index contributed by atoms with van der Waals surface area (Å²) in [7, 11) is 0. The van der Waals surface area contributed by atoms with Crippen molar-refractivity contribution >= 4 is 11.8 Å². The maximum absolute atomic E-state index is 12.1. The van der Waals surface area contributed by atoms with E-state index in [1.54, 1.807) is 0 Å². The van der Waals surface area contributed by atoms with Gasteiger partial charge < -0.3 is 16.4 Å². The average Bonchev–Trinajstić information content (AvgIpc) is 2.61. The molecule has 1 atom stereocenters. The second-order valence-electron chi connectivity index (χ2n) is 5.64. The van der Waals surface area contributed by atoms with Crippen LogP contribution in [0, 0.1) is 0 Å². The fraction of sp³-hybridized carbons (Fsp3) is 0.263. The summed E-state index contributed by atoms with van der Waals surface area (Å²) in [5.74, 6) is -0.553. The number of rotatable bonds is 7. The van der Waals surface area contributed by atoms with E-state index in [-0.39, 0.29) is 36.9 Å². The Morgan fingerprint density at radius 2 is 1.42 bits per heavy atom. The minimum atomic E-state index is -0.347. The largest absolute Gasteiger partial charge is 0.351 e. The van der Waals surface area contributed by atoms with Gasteiger partial charge in [0.15, 0.2) is 0 Å². The van der Waals surface area contributed by atoms with E-state index in [1.807, 2.05) is 43.3 Å². The maximum atomic E-state index is 12.1. The van der Waals surface area contributed by atoms with Crippen molar-refractivity contribution in [2.75, 3.05) is 13.1 Å². The van der Waals surface area contributed by atoms with Crippen LogP contribution in [0.5, 0.6) is 0 Å². The summed E-state index contributed by atoms with van der Waals surface area (Å²) < 4.78 is 0. The van der Waals surface area contributed by atoms with E-state index in [9.17, 15) is 9.59 Å². The van der Waals surface area contributed by atoms with Crippen molar-refractivity contribution in [3.05, 3.63) is 71.8 Å². The molecular weight excluding hydrogens is 302 g/mol. The molecule has 4 N–H and O–H groups in total. The molecule has 126 valence electrons. The summed E-state index contributed by atoms with van der Waals surface area (Å²) in [6, 6.07) is 20.0. The minimum Gasteiger partial charge on any atom is -0.351 e. The zero-order chi connectivity index (χ0) is 17.4. The van der Waals surface area contributed by atoms with Crippen LogP contribution in [0.3, 0.4) is 0 Å². The third-order valence-corrected chi connectivity index (χ3v) is 3.84. The molecule has 0 aliphatic rings. The van der Waals surface area contributed by atoms with E-state index < -0.39 is 0 Å². The van der Waals surface area contributed by atoms with Gasteiger partial charge in [0, 0.05) is 12.0 Å². The molecular formula is C19H23N3O2. The van der Waals surface area contributed by atoms with Crippen molar-refractivity contribution in [1.29, 1.82) is 0 Å². The van der Waals surface area contributed by atoms with Crippen LogP contribution < -0.4 is 16.4 Å². The first kappa shape index (κ1) is 17.7. The van der Waals surface area contributed by atoms with Gasteiger partial charge in [0.2, 0.25) is 11.8 Å². The van der Waals surface area contributed by atoms with E-state index >= 15 is 0 Å². The molecule has 5 nitrogen and oxygen atoms in total. The van der Waals surface area contributed by atoms with Crippen LogP contribution in [-0.2, 0) is 9.59 Å². The molecule has 0 spiro atoms. The lowest BCUT2D eigenvalue weighted by atomic mass is 9.86. The van der Waals surface area contributed by atoms with Gasteiger partial charge in [-0.2, -0.15) is 0 Å². The number of hydrogen-bond donors (Lipinski definition) is 3. The number of nitrogens with two attached hydrogens (primary N) is 1. The Balaban J connectivity index is 2.12. The molecule has 0 fully saturated rings. The number of amides is 2. The number of nitrogens with one attached hydrogen (secondary N) is 2. The van der Waals surface area contributed by atoms with E-state index in [4.69, 9.17) is 5.73 Å². The molecule has 0 bridgehead atoms. The summed E-state index contributed by atoms with van der Waals surface area (Å²) in [4.78, 5) is 23.2. The topological polar surface area (TPSA) is 84.2 Å². The molecule has 2 aromatic carbocycles. The Kier molecular flexibility index (Phi) is 6.51. The first-order valence-corrected chi connectivity index (χ1v) is 7.98. The Labute approximate surface area is 142 Å². The highest BCUT2D eigenvalue weighted by atomic mass is 16.2. The zero-order valence-corrected chi connectivity index (χ0v) is 13.7. The summed E-state index contributed by atoms with van der Waals surface area (Å²) in [5.41, 5.74) is 7.47. The predicted molar refractivity (Wildman–Crippen MR) is 94.4 cm³/mol. The van der Waals surface area contributed by atoms with Gasteiger partial charge in [-0.15, -0.1) is 0 Å². The fourth-order valence-corrected chi connectivity index (χ4v) is 2.73. The highest BCUT2D eigenvalue weighted by Crippen LogP contribution is 2.27. The maximum Gasteiger partial charge on any atom is 0.239 e. The molecule has 2 aromatic rings. The van der Waals surface area contributed by atoms with Crippen LogP contribution >= 0.6 is 0 Å². The molecule has 2 rings (SSSR count). The third kappa shape index (κ3) is 4.93. The summed E-state index contributed by atoms with van der Waals surface area (Å²) in [5, 5.41) is 5.44. The SMILES string of the molecule is CC(NC(=O)CNC(=O)CN)C(c1ccccc1)c1ccccc1. The van der Waals surface area contributed by atoms with Crippen LogP contribution in [0.1, 0.15) is 24.0 Å². The van der Waals surface area contributed by atoms with Gasteiger partial charge in [0.05, 0.1) is 13.1 Å².